The van der Waals surface area contributed by atoms with E-state index in [1.807, 2.05) is 0 Å². The maximum absolute atomic E-state index is 11.5. The first-order valence-electron chi connectivity index (χ1n) is 6.93. The molecule has 2 unspecified atom stereocenters. The van der Waals surface area contributed by atoms with Crippen LogP contribution in [-0.2, 0) is 9.84 Å². The number of hydrogen-bond acceptors (Lipinski definition) is 3. The van der Waals surface area contributed by atoms with Crippen molar-refractivity contribution in [2.45, 2.75) is 64.3 Å². The summed E-state index contributed by atoms with van der Waals surface area (Å²) in [5, 5.41) is 0. The molecule has 0 amide bonds. The minimum atomic E-state index is -2.83. The van der Waals surface area contributed by atoms with Gasteiger partial charge in [-0.2, -0.15) is 0 Å². The zero-order valence-corrected chi connectivity index (χ0v) is 12.1. The van der Waals surface area contributed by atoms with Crippen molar-refractivity contribution in [3.63, 3.8) is 0 Å². The van der Waals surface area contributed by atoms with Crippen molar-refractivity contribution in [2.24, 2.45) is 11.7 Å². The number of hydrogen-bond donors (Lipinski definition) is 1. The van der Waals surface area contributed by atoms with Crippen molar-refractivity contribution < 1.29 is 8.42 Å². The fourth-order valence-corrected chi connectivity index (χ4v) is 3.91. The highest BCUT2D eigenvalue weighted by Crippen LogP contribution is 2.37. The fraction of sp³-hybridized carbons (Fsp3) is 1.00. The fourth-order valence-electron chi connectivity index (χ4n) is 3.04. The molecule has 0 radical (unpaired) electrons. The number of nitrogens with two attached hydrogens (primary N) is 1. The first-order chi connectivity index (χ1) is 7.93. The monoisotopic (exact) mass is 261 g/mol. The second-order valence-electron chi connectivity index (χ2n) is 5.42. The molecule has 0 aliphatic heterocycles. The van der Waals surface area contributed by atoms with E-state index in [2.05, 4.69) is 6.92 Å². The maximum Gasteiger partial charge on any atom is 0.150 e. The van der Waals surface area contributed by atoms with Crippen LogP contribution in [0.2, 0.25) is 0 Å². The first kappa shape index (κ1) is 15.0. The standard InChI is InChI=1S/C13H27NO2S/c1-3-12-8-5-6-9-13(12,14)10-7-11-17(15,16)4-2/h12H,3-11,14H2,1-2H3. The second kappa shape index (κ2) is 6.19. The Morgan fingerprint density at radius 1 is 1.29 bits per heavy atom. The van der Waals surface area contributed by atoms with Crippen LogP contribution in [0, 0.1) is 5.92 Å². The zero-order chi connectivity index (χ0) is 12.9. The van der Waals surface area contributed by atoms with Crippen LogP contribution >= 0.6 is 0 Å². The third kappa shape index (κ3) is 4.25. The van der Waals surface area contributed by atoms with E-state index in [9.17, 15) is 8.42 Å². The Labute approximate surface area is 106 Å². The molecule has 0 bridgehead atoms. The molecule has 102 valence electrons. The Bertz CT molecular complexity index is 326. The third-order valence-corrected chi connectivity index (χ3v) is 6.08. The molecule has 3 nitrogen and oxygen atoms in total. The van der Waals surface area contributed by atoms with Crippen LogP contribution < -0.4 is 5.73 Å². The molecule has 0 heterocycles. The summed E-state index contributed by atoms with van der Waals surface area (Å²) in [6, 6.07) is 0. The number of sulfone groups is 1. The minimum absolute atomic E-state index is 0.101. The summed E-state index contributed by atoms with van der Waals surface area (Å²) in [6.45, 7) is 3.91. The lowest BCUT2D eigenvalue weighted by molar-refractivity contribution is 0.170. The van der Waals surface area contributed by atoms with E-state index in [4.69, 9.17) is 5.73 Å². The molecule has 17 heavy (non-hydrogen) atoms. The summed E-state index contributed by atoms with van der Waals surface area (Å²) in [7, 11) is -2.83. The quantitative estimate of drug-likeness (QED) is 0.799. The van der Waals surface area contributed by atoms with Crippen LogP contribution in [0.4, 0.5) is 0 Å². The summed E-state index contributed by atoms with van der Waals surface area (Å²) < 4.78 is 22.9. The van der Waals surface area contributed by atoms with Crippen LogP contribution in [0.5, 0.6) is 0 Å². The average molecular weight is 261 g/mol. The van der Waals surface area contributed by atoms with Crippen LogP contribution in [0.25, 0.3) is 0 Å². The van der Waals surface area contributed by atoms with E-state index >= 15 is 0 Å². The first-order valence-corrected chi connectivity index (χ1v) is 8.75. The van der Waals surface area contributed by atoms with Gasteiger partial charge in [0.1, 0.15) is 9.84 Å². The van der Waals surface area contributed by atoms with Crippen molar-refractivity contribution in [3.05, 3.63) is 0 Å². The summed E-state index contributed by atoms with van der Waals surface area (Å²) in [6.07, 6.45) is 7.48. The molecule has 4 heteroatoms. The highest BCUT2D eigenvalue weighted by Gasteiger charge is 2.35. The van der Waals surface area contributed by atoms with Crippen molar-refractivity contribution in [2.75, 3.05) is 11.5 Å². The van der Waals surface area contributed by atoms with Crippen molar-refractivity contribution in [1.29, 1.82) is 0 Å². The van der Waals surface area contributed by atoms with Gasteiger partial charge in [0.25, 0.3) is 0 Å². The largest absolute Gasteiger partial charge is 0.325 e. The zero-order valence-electron chi connectivity index (χ0n) is 11.2. The van der Waals surface area contributed by atoms with Gasteiger partial charge in [-0.1, -0.05) is 33.1 Å². The predicted octanol–water partition coefficient (Wildman–Crippen LogP) is 2.50. The van der Waals surface area contributed by atoms with E-state index in [1.165, 1.54) is 19.3 Å². The molecule has 0 aromatic rings. The molecule has 1 rings (SSSR count). The summed E-state index contributed by atoms with van der Waals surface area (Å²) in [5.41, 5.74) is 6.39. The summed E-state index contributed by atoms with van der Waals surface area (Å²) in [5.74, 6) is 1.14. The lowest BCUT2D eigenvalue weighted by Gasteiger charge is -2.41. The summed E-state index contributed by atoms with van der Waals surface area (Å²) >= 11 is 0. The Morgan fingerprint density at radius 3 is 2.59 bits per heavy atom. The molecule has 0 aromatic heterocycles. The molecular weight excluding hydrogens is 234 g/mol. The van der Waals surface area contributed by atoms with Gasteiger partial charge in [-0.25, -0.2) is 8.42 Å². The van der Waals surface area contributed by atoms with Gasteiger partial charge in [0, 0.05) is 11.3 Å². The Morgan fingerprint density at radius 2 is 2.00 bits per heavy atom. The maximum atomic E-state index is 11.5. The van der Waals surface area contributed by atoms with Gasteiger partial charge in [0.05, 0.1) is 5.75 Å². The molecule has 1 fully saturated rings. The normalized spacial score (nSPS) is 30.4. The molecule has 0 spiro atoms. The molecule has 1 saturated carbocycles. The lowest BCUT2D eigenvalue weighted by Crippen LogP contribution is -2.49. The van der Waals surface area contributed by atoms with Gasteiger partial charge >= 0.3 is 0 Å². The molecule has 1 aliphatic carbocycles. The van der Waals surface area contributed by atoms with E-state index in [1.54, 1.807) is 6.92 Å². The Balaban J connectivity index is 2.48. The SMILES string of the molecule is CCC1CCCCC1(N)CCCS(=O)(=O)CC. The van der Waals surface area contributed by atoms with Crippen molar-refractivity contribution in [3.8, 4) is 0 Å². The van der Waals surface area contributed by atoms with Crippen molar-refractivity contribution >= 4 is 9.84 Å². The average Bonchev–Trinajstić information content (AvgIpc) is 2.29. The van der Waals surface area contributed by atoms with Crippen LogP contribution in [0.15, 0.2) is 0 Å². The van der Waals surface area contributed by atoms with Crippen molar-refractivity contribution in [1.82, 2.24) is 0 Å². The molecule has 2 N–H and O–H groups in total. The smallest absolute Gasteiger partial charge is 0.150 e. The Kier molecular flexibility index (Phi) is 5.45. The third-order valence-electron chi connectivity index (χ3n) is 4.29. The van der Waals surface area contributed by atoms with E-state index in [-0.39, 0.29) is 11.3 Å². The number of rotatable bonds is 6. The highest BCUT2D eigenvalue weighted by atomic mass is 32.2. The minimum Gasteiger partial charge on any atom is -0.325 e. The molecule has 1 aliphatic rings. The topological polar surface area (TPSA) is 60.2 Å². The summed E-state index contributed by atoms with van der Waals surface area (Å²) in [4.78, 5) is 0. The molecule has 0 saturated heterocycles. The van der Waals surface area contributed by atoms with Crippen LogP contribution in [0.1, 0.15) is 58.8 Å². The van der Waals surface area contributed by atoms with Gasteiger partial charge < -0.3 is 5.73 Å². The predicted molar refractivity (Wildman–Crippen MR) is 72.7 cm³/mol. The van der Waals surface area contributed by atoms with Gasteiger partial charge in [0.15, 0.2) is 0 Å². The van der Waals surface area contributed by atoms with E-state index < -0.39 is 9.84 Å². The Hall–Kier alpha value is -0.0900. The highest BCUT2D eigenvalue weighted by molar-refractivity contribution is 7.91. The van der Waals surface area contributed by atoms with Gasteiger partial charge in [0.2, 0.25) is 0 Å². The molecule has 0 aromatic carbocycles. The van der Waals surface area contributed by atoms with Gasteiger partial charge in [-0.05, 0) is 31.6 Å². The lowest BCUT2D eigenvalue weighted by atomic mass is 9.70. The second-order valence-corrected chi connectivity index (χ2v) is 7.90. The van der Waals surface area contributed by atoms with Crippen LogP contribution in [-0.4, -0.2) is 25.5 Å². The van der Waals surface area contributed by atoms with Crippen LogP contribution in [0.3, 0.4) is 0 Å². The van der Waals surface area contributed by atoms with E-state index in [0.717, 1.165) is 25.7 Å². The van der Waals surface area contributed by atoms with E-state index in [0.29, 0.717) is 11.7 Å². The van der Waals surface area contributed by atoms with Gasteiger partial charge in [-0.15, -0.1) is 0 Å². The molecule has 2 atom stereocenters. The molecular formula is C13H27NO2S. The van der Waals surface area contributed by atoms with Gasteiger partial charge in [-0.3, -0.25) is 0 Å².